The largest absolute Gasteiger partial charge is 0.393 e. The van der Waals surface area contributed by atoms with Crippen LogP contribution in [-0.2, 0) is 19.5 Å². The van der Waals surface area contributed by atoms with E-state index < -0.39 is 4.92 Å². The van der Waals surface area contributed by atoms with Gasteiger partial charge >= 0.3 is 5.69 Å². The number of aryl methyl sites for hydroxylation is 1. The van der Waals surface area contributed by atoms with Crippen molar-refractivity contribution >= 4 is 11.4 Å². The summed E-state index contributed by atoms with van der Waals surface area (Å²) in [5, 5.41) is 15.2. The molecule has 0 amide bonds. The van der Waals surface area contributed by atoms with Gasteiger partial charge in [-0.15, -0.1) is 0 Å². The summed E-state index contributed by atoms with van der Waals surface area (Å²) in [5.74, 6) is 0.788. The van der Waals surface area contributed by atoms with Gasteiger partial charge in [0.15, 0.2) is 0 Å². The van der Waals surface area contributed by atoms with E-state index in [-0.39, 0.29) is 23.6 Å². The Hall–Kier alpha value is -2.64. The van der Waals surface area contributed by atoms with Crippen LogP contribution in [0.25, 0.3) is 0 Å². The number of hydrogen-bond acceptors (Lipinski definition) is 5. The first-order chi connectivity index (χ1) is 10.1. The molecule has 2 heterocycles. The number of nitrogens with zero attached hydrogens (tertiary/aromatic N) is 4. The summed E-state index contributed by atoms with van der Waals surface area (Å²) in [4.78, 5) is 22.6. The molecule has 0 spiro atoms. The second-order valence-corrected chi connectivity index (χ2v) is 5.12. The van der Waals surface area contributed by atoms with Gasteiger partial charge in [-0.2, -0.15) is 5.10 Å². The fourth-order valence-electron chi connectivity index (χ4n) is 2.57. The van der Waals surface area contributed by atoms with Gasteiger partial charge in [-0.05, 0) is 24.5 Å². The molecule has 110 valence electrons. The lowest BCUT2D eigenvalue weighted by Gasteiger charge is -2.09. The molecule has 0 bridgehead atoms. The third-order valence-electron chi connectivity index (χ3n) is 3.66. The number of aromatic nitrogens is 3. The highest BCUT2D eigenvalue weighted by molar-refractivity contribution is 5.59. The maximum absolute atomic E-state index is 12.2. The van der Waals surface area contributed by atoms with E-state index in [1.165, 1.54) is 16.8 Å². The summed E-state index contributed by atoms with van der Waals surface area (Å²) >= 11 is 0. The van der Waals surface area contributed by atoms with Gasteiger partial charge in [0.25, 0.3) is 5.69 Å². The van der Waals surface area contributed by atoms with E-state index in [2.05, 4.69) is 5.10 Å². The van der Waals surface area contributed by atoms with Crippen molar-refractivity contribution in [3.8, 4) is 0 Å². The SMILES string of the molecule is Nc1ccc(Cn2nc3n(c2=O)CCCC3)cc1[N+](=O)[O-]. The van der Waals surface area contributed by atoms with Crippen molar-refractivity contribution in [2.24, 2.45) is 0 Å². The number of nitro groups is 1. The standard InChI is InChI=1S/C13H15N5O3/c14-10-5-4-9(7-11(10)18(20)21)8-17-13(19)16-6-2-1-3-12(16)15-17/h4-5,7H,1-3,6,8,14H2. The molecule has 1 aliphatic heterocycles. The van der Waals surface area contributed by atoms with Crippen molar-refractivity contribution in [2.75, 3.05) is 5.73 Å². The van der Waals surface area contributed by atoms with Crippen molar-refractivity contribution in [1.29, 1.82) is 0 Å². The number of nitrogens with two attached hydrogens (primary N) is 1. The van der Waals surface area contributed by atoms with Crippen LogP contribution < -0.4 is 11.4 Å². The molecule has 8 nitrogen and oxygen atoms in total. The van der Waals surface area contributed by atoms with E-state index in [0.29, 0.717) is 12.1 Å². The lowest BCUT2D eigenvalue weighted by molar-refractivity contribution is -0.384. The Kier molecular flexibility index (Phi) is 3.20. The lowest BCUT2D eigenvalue weighted by Crippen LogP contribution is -2.27. The van der Waals surface area contributed by atoms with Crippen LogP contribution in [0.3, 0.4) is 0 Å². The van der Waals surface area contributed by atoms with Gasteiger partial charge in [-0.3, -0.25) is 14.7 Å². The van der Waals surface area contributed by atoms with Crippen molar-refractivity contribution in [3.05, 3.63) is 50.2 Å². The van der Waals surface area contributed by atoms with E-state index in [1.807, 2.05) is 0 Å². The van der Waals surface area contributed by atoms with E-state index in [4.69, 9.17) is 5.73 Å². The Morgan fingerprint density at radius 2 is 2.19 bits per heavy atom. The van der Waals surface area contributed by atoms with Gasteiger partial charge in [0.2, 0.25) is 0 Å². The fraction of sp³-hybridized carbons (Fsp3) is 0.385. The molecule has 0 atom stereocenters. The van der Waals surface area contributed by atoms with Gasteiger partial charge < -0.3 is 5.73 Å². The van der Waals surface area contributed by atoms with E-state index >= 15 is 0 Å². The molecule has 21 heavy (non-hydrogen) atoms. The molecule has 2 aromatic rings. The first kappa shape index (κ1) is 13.3. The molecular weight excluding hydrogens is 274 g/mol. The molecule has 0 unspecified atom stereocenters. The van der Waals surface area contributed by atoms with Crippen LogP contribution in [0.2, 0.25) is 0 Å². The van der Waals surface area contributed by atoms with Crippen LogP contribution >= 0.6 is 0 Å². The summed E-state index contributed by atoms with van der Waals surface area (Å²) in [6.07, 6.45) is 2.81. The quantitative estimate of drug-likeness (QED) is 0.513. The first-order valence-corrected chi connectivity index (χ1v) is 6.75. The van der Waals surface area contributed by atoms with E-state index in [9.17, 15) is 14.9 Å². The summed E-state index contributed by atoms with van der Waals surface area (Å²) in [6, 6.07) is 4.54. The maximum Gasteiger partial charge on any atom is 0.346 e. The van der Waals surface area contributed by atoms with Crippen molar-refractivity contribution in [1.82, 2.24) is 14.3 Å². The zero-order valence-corrected chi connectivity index (χ0v) is 11.4. The third-order valence-corrected chi connectivity index (χ3v) is 3.66. The Labute approximate surface area is 119 Å². The van der Waals surface area contributed by atoms with Crippen LogP contribution in [0.5, 0.6) is 0 Å². The number of benzene rings is 1. The van der Waals surface area contributed by atoms with Crippen molar-refractivity contribution in [3.63, 3.8) is 0 Å². The Morgan fingerprint density at radius 3 is 2.90 bits per heavy atom. The third kappa shape index (κ3) is 2.39. The fourth-order valence-corrected chi connectivity index (χ4v) is 2.57. The summed E-state index contributed by atoms with van der Waals surface area (Å²) in [6.45, 7) is 0.899. The first-order valence-electron chi connectivity index (χ1n) is 6.75. The molecule has 1 aromatic carbocycles. The van der Waals surface area contributed by atoms with Crippen LogP contribution in [0.1, 0.15) is 24.2 Å². The predicted octanol–water partition coefficient (Wildman–Crippen LogP) is 0.920. The second-order valence-electron chi connectivity index (χ2n) is 5.12. The van der Waals surface area contributed by atoms with Gasteiger partial charge in [0.05, 0.1) is 11.5 Å². The normalized spacial score (nSPS) is 13.9. The topological polar surface area (TPSA) is 109 Å². The minimum Gasteiger partial charge on any atom is -0.393 e. The molecule has 0 saturated heterocycles. The average Bonchev–Trinajstić information content (AvgIpc) is 2.78. The zero-order chi connectivity index (χ0) is 15.0. The van der Waals surface area contributed by atoms with Gasteiger partial charge in [0.1, 0.15) is 11.5 Å². The summed E-state index contributed by atoms with van der Waals surface area (Å²) in [7, 11) is 0. The monoisotopic (exact) mass is 289 g/mol. The predicted molar refractivity (Wildman–Crippen MR) is 76.0 cm³/mol. The van der Waals surface area contributed by atoms with E-state index in [0.717, 1.165) is 25.1 Å². The molecule has 0 radical (unpaired) electrons. The van der Waals surface area contributed by atoms with E-state index in [1.54, 1.807) is 10.6 Å². The number of nitrogen functional groups attached to an aromatic ring is 1. The molecule has 2 N–H and O–H groups in total. The molecule has 3 rings (SSSR count). The highest BCUT2D eigenvalue weighted by Gasteiger charge is 2.18. The van der Waals surface area contributed by atoms with Crippen LogP contribution in [0, 0.1) is 10.1 Å². The average molecular weight is 289 g/mol. The number of anilines is 1. The van der Waals surface area contributed by atoms with Crippen LogP contribution in [0.4, 0.5) is 11.4 Å². The minimum atomic E-state index is -0.528. The Morgan fingerprint density at radius 1 is 1.38 bits per heavy atom. The van der Waals surface area contributed by atoms with Gasteiger partial charge in [-0.1, -0.05) is 6.07 Å². The number of fused-ring (bicyclic) bond motifs is 1. The number of hydrogen-bond donors (Lipinski definition) is 1. The molecule has 8 heteroatoms. The summed E-state index contributed by atoms with van der Waals surface area (Å²) in [5.41, 5.74) is 6.00. The lowest BCUT2D eigenvalue weighted by atomic mass is 10.2. The number of nitro benzene ring substituents is 1. The molecule has 1 aliphatic rings. The van der Waals surface area contributed by atoms with Crippen molar-refractivity contribution in [2.45, 2.75) is 32.4 Å². The molecular formula is C13H15N5O3. The van der Waals surface area contributed by atoms with Gasteiger partial charge in [0, 0.05) is 19.0 Å². The highest BCUT2D eigenvalue weighted by Crippen LogP contribution is 2.22. The molecule has 0 aliphatic carbocycles. The molecule has 0 fully saturated rings. The number of rotatable bonds is 3. The Balaban J connectivity index is 1.94. The molecule has 0 saturated carbocycles. The Bertz CT molecular complexity index is 762. The van der Waals surface area contributed by atoms with Gasteiger partial charge in [-0.25, -0.2) is 9.48 Å². The second kappa shape index (κ2) is 5.04. The minimum absolute atomic E-state index is 0.111. The van der Waals surface area contributed by atoms with Crippen molar-refractivity contribution < 1.29 is 4.92 Å². The highest BCUT2D eigenvalue weighted by atomic mass is 16.6. The smallest absolute Gasteiger partial charge is 0.346 e. The van der Waals surface area contributed by atoms with Crippen LogP contribution in [-0.4, -0.2) is 19.3 Å². The summed E-state index contributed by atoms with van der Waals surface area (Å²) < 4.78 is 3.03. The zero-order valence-electron chi connectivity index (χ0n) is 11.4. The van der Waals surface area contributed by atoms with Crippen LogP contribution in [0.15, 0.2) is 23.0 Å². The maximum atomic E-state index is 12.2. The molecule has 1 aromatic heterocycles.